The van der Waals surface area contributed by atoms with Crippen LogP contribution >= 0.6 is 11.8 Å². The molecule has 170 valence electrons. The number of thioether (sulfide) groups is 1. The van der Waals surface area contributed by atoms with E-state index in [1.54, 1.807) is 24.3 Å². The van der Waals surface area contributed by atoms with Gasteiger partial charge in [-0.05, 0) is 37.5 Å². The van der Waals surface area contributed by atoms with Gasteiger partial charge < -0.3 is 15.6 Å². The lowest BCUT2D eigenvalue weighted by Crippen LogP contribution is -2.20. The first-order valence-corrected chi connectivity index (χ1v) is 11.6. The summed E-state index contributed by atoms with van der Waals surface area (Å²) < 4.78 is 1.91. The number of hydrogen-bond donors (Lipinski definition) is 2. The molecule has 1 aliphatic rings. The Morgan fingerprint density at radius 1 is 1.12 bits per heavy atom. The van der Waals surface area contributed by atoms with Gasteiger partial charge in [-0.25, -0.2) is 0 Å². The number of benzene rings is 2. The lowest BCUT2D eigenvalue weighted by molar-refractivity contribution is -0.118. The molecule has 2 aromatic carbocycles. The lowest BCUT2D eigenvalue weighted by atomic mass is 10.1. The Morgan fingerprint density at radius 2 is 1.88 bits per heavy atom. The summed E-state index contributed by atoms with van der Waals surface area (Å²) in [7, 11) is 0. The number of amides is 2. The van der Waals surface area contributed by atoms with E-state index in [0.29, 0.717) is 28.9 Å². The fourth-order valence-electron chi connectivity index (χ4n) is 3.49. The molecule has 1 unspecified atom stereocenters. The van der Waals surface area contributed by atoms with Crippen molar-refractivity contribution in [3.8, 4) is 0 Å². The number of Topliss-reactive ketones (excluding diaryl/α,β-unsaturated/α-hetero) is 1. The third kappa shape index (κ3) is 5.67. The molecule has 1 heterocycles. The largest absolute Gasteiger partial charge is 0.370 e. The molecule has 0 spiro atoms. The van der Waals surface area contributed by atoms with Crippen LogP contribution in [0.25, 0.3) is 0 Å². The molecule has 1 aliphatic carbocycles. The van der Waals surface area contributed by atoms with Crippen molar-refractivity contribution in [1.82, 2.24) is 14.8 Å². The molecule has 2 amide bonds. The van der Waals surface area contributed by atoms with E-state index < -0.39 is 11.2 Å². The van der Waals surface area contributed by atoms with Gasteiger partial charge in [0.25, 0.3) is 0 Å². The Labute approximate surface area is 196 Å². The SMILES string of the molecule is CC(=O)c1cccc(NC(=O)C(Sc2nnc(C3CC3)n2CCC(N)=O)c2ccccc2)c1. The van der Waals surface area contributed by atoms with Crippen LogP contribution in [0.4, 0.5) is 5.69 Å². The summed E-state index contributed by atoms with van der Waals surface area (Å²) in [5.74, 6) is 0.446. The fraction of sp³-hybridized carbons (Fsp3) is 0.292. The van der Waals surface area contributed by atoms with Crippen molar-refractivity contribution >= 4 is 35.0 Å². The van der Waals surface area contributed by atoms with Crippen molar-refractivity contribution in [1.29, 1.82) is 0 Å². The van der Waals surface area contributed by atoms with E-state index in [1.807, 2.05) is 34.9 Å². The zero-order chi connectivity index (χ0) is 23.4. The zero-order valence-electron chi connectivity index (χ0n) is 18.2. The summed E-state index contributed by atoms with van der Waals surface area (Å²) in [5.41, 5.74) is 7.25. The highest BCUT2D eigenvalue weighted by molar-refractivity contribution is 8.00. The number of primary amides is 1. The van der Waals surface area contributed by atoms with E-state index in [4.69, 9.17) is 5.73 Å². The summed E-state index contributed by atoms with van der Waals surface area (Å²) in [6, 6.07) is 16.3. The molecule has 0 radical (unpaired) electrons. The maximum absolute atomic E-state index is 13.4. The molecule has 1 fully saturated rings. The van der Waals surface area contributed by atoms with Crippen molar-refractivity contribution in [3.63, 3.8) is 0 Å². The van der Waals surface area contributed by atoms with Gasteiger partial charge >= 0.3 is 0 Å². The topological polar surface area (TPSA) is 120 Å². The van der Waals surface area contributed by atoms with Crippen LogP contribution in [0.3, 0.4) is 0 Å². The molecule has 0 bridgehead atoms. The molecule has 3 aromatic rings. The van der Waals surface area contributed by atoms with Gasteiger partial charge in [-0.2, -0.15) is 0 Å². The second kappa shape index (κ2) is 9.99. The molecule has 3 N–H and O–H groups in total. The van der Waals surface area contributed by atoms with Gasteiger partial charge in [0, 0.05) is 30.1 Å². The summed E-state index contributed by atoms with van der Waals surface area (Å²) in [4.78, 5) is 36.5. The number of carbonyl (C=O) groups is 3. The highest BCUT2D eigenvalue weighted by Crippen LogP contribution is 2.42. The molecule has 1 saturated carbocycles. The van der Waals surface area contributed by atoms with Crippen LogP contribution in [-0.4, -0.2) is 32.4 Å². The Balaban J connectivity index is 1.62. The van der Waals surface area contributed by atoms with E-state index in [-0.39, 0.29) is 18.1 Å². The van der Waals surface area contributed by atoms with Crippen LogP contribution in [0.15, 0.2) is 59.8 Å². The number of rotatable bonds is 10. The van der Waals surface area contributed by atoms with E-state index in [9.17, 15) is 14.4 Å². The number of ketones is 1. The van der Waals surface area contributed by atoms with E-state index in [1.165, 1.54) is 18.7 Å². The first kappa shape index (κ1) is 22.7. The van der Waals surface area contributed by atoms with Crippen molar-refractivity contribution in [2.75, 3.05) is 5.32 Å². The van der Waals surface area contributed by atoms with Crippen molar-refractivity contribution < 1.29 is 14.4 Å². The molecule has 9 heteroatoms. The molecular formula is C24H25N5O3S. The third-order valence-corrected chi connectivity index (χ3v) is 6.60. The first-order valence-electron chi connectivity index (χ1n) is 10.8. The van der Waals surface area contributed by atoms with Gasteiger partial charge in [-0.1, -0.05) is 54.2 Å². The minimum Gasteiger partial charge on any atom is -0.370 e. The molecule has 4 rings (SSSR count). The Morgan fingerprint density at radius 3 is 2.55 bits per heavy atom. The second-order valence-electron chi connectivity index (χ2n) is 8.02. The summed E-state index contributed by atoms with van der Waals surface area (Å²) in [5, 5.41) is 11.6. The van der Waals surface area contributed by atoms with Gasteiger partial charge in [-0.15, -0.1) is 10.2 Å². The number of nitrogens with zero attached hydrogens (tertiary/aromatic N) is 3. The van der Waals surface area contributed by atoms with Gasteiger partial charge in [0.2, 0.25) is 11.8 Å². The smallest absolute Gasteiger partial charge is 0.242 e. The van der Waals surface area contributed by atoms with Crippen molar-refractivity contribution in [2.24, 2.45) is 5.73 Å². The maximum atomic E-state index is 13.4. The molecule has 0 saturated heterocycles. The van der Waals surface area contributed by atoms with Crippen molar-refractivity contribution in [2.45, 2.75) is 49.1 Å². The Kier molecular flexibility index (Phi) is 6.88. The number of hydrogen-bond acceptors (Lipinski definition) is 6. The molecular weight excluding hydrogens is 438 g/mol. The van der Waals surface area contributed by atoms with Crippen LogP contribution in [0, 0.1) is 0 Å². The normalized spacial score (nSPS) is 14.0. The van der Waals surface area contributed by atoms with E-state index in [0.717, 1.165) is 24.2 Å². The number of anilines is 1. The molecule has 33 heavy (non-hydrogen) atoms. The molecule has 0 aliphatic heterocycles. The molecule has 1 atom stereocenters. The second-order valence-corrected chi connectivity index (χ2v) is 9.09. The average Bonchev–Trinajstić information content (AvgIpc) is 3.57. The molecule has 1 aromatic heterocycles. The van der Waals surface area contributed by atoms with Gasteiger partial charge in [0.1, 0.15) is 11.1 Å². The van der Waals surface area contributed by atoms with E-state index in [2.05, 4.69) is 15.5 Å². The highest BCUT2D eigenvalue weighted by Gasteiger charge is 2.32. The van der Waals surface area contributed by atoms with Gasteiger partial charge in [0.05, 0.1) is 0 Å². The van der Waals surface area contributed by atoms with Crippen LogP contribution in [0.1, 0.15) is 59.1 Å². The minimum absolute atomic E-state index is 0.0739. The van der Waals surface area contributed by atoms with Crippen LogP contribution in [0.5, 0.6) is 0 Å². The van der Waals surface area contributed by atoms with Crippen LogP contribution in [-0.2, 0) is 16.1 Å². The zero-order valence-corrected chi connectivity index (χ0v) is 19.0. The summed E-state index contributed by atoms with van der Waals surface area (Å²) in [6.07, 6.45) is 2.24. The average molecular weight is 464 g/mol. The monoisotopic (exact) mass is 463 g/mol. The number of nitrogens with two attached hydrogens (primary N) is 1. The highest BCUT2D eigenvalue weighted by atomic mass is 32.2. The Hall–Kier alpha value is -3.46. The van der Waals surface area contributed by atoms with E-state index >= 15 is 0 Å². The molecule has 8 nitrogen and oxygen atoms in total. The Bertz CT molecular complexity index is 1170. The van der Waals surface area contributed by atoms with Crippen LogP contribution < -0.4 is 11.1 Å². The summed E-state index contributed by atoms with van der Waals surface area (Å²) >= 11 is 1.28. The fourth-order valence-corrected chi connectivity index (χ4v) is 4.56. The van der Waals surface area contributed by atoms with Crippen molar-refractivity contribution in [3.05, 3.63) is 71.5 Å². The predicted octanol–water partition coefficient (Wildman–Crippen LogP) is 3.71. The number of nitrogens with one attached hydrogen (secondary N) is 1. The first-order chi connectivity index (χ1) is 15.9. The maximum Gasteiger partial charge on any atom is 0.242 e. The predicted molar refractivity (Wildman–Crippen MR) is 126 cm³/mol. The van der Waals surface area contributed by atoms with Gasteiger partial charge in [0.15, 0.2) is 10.9 Å². The lowest BCUT2D eigenvalue weighted by Gasteiger charge is -2.18. The van der Waals surface area contributed by atoms with Crippen LogP contribution in [0.2, 0.25) is 0 Å². The number of aromatic nitrogens is 3. The third-order valence-electron chi connectivity index (χ3n) is 5.37. The summed E-state index contributed by atoms with van der Waals surface area (Å²) in [6.45, 7) is 1.86. The minimum atomic E-state index is -0.615. The van der Waals surface area contributed by atoms with Gasteiger partial charge in [-0.3, -0.25) is 14.4 Å². The number of carbonyl (C=O) groups excluding carboxylic acids is 3. The standard InChI is InChI=1S/C24H25N5O3S/c1-15(30)18-8-5-9-19(14-18)26-23(32)21(16-6-3-2-4-7-16)33-24-28-27-22(17-10-11-17)29(24)13-12-20(25)31/h2-9,14,17,21H,10-13H2,1H3,(H2,25,31)(H,26,32). The quantitative estimate of drug-likeness (QED) is 0.349.